The first-order valence-electron chi connectivity index (χ1n) is 20.8. The Labute approximate surface area is 362 Å². The van der Waals surface area contributed by atoms with Gasteiger partial charge in [-0.3, -0.25) is 0 Å². The second-order valence-electron chi connectivity index (χ2n) is 16.5. The minimum atomic E-state index is 0.613. The number of nitriles is 1. The quantitative estimate of drug-likeness (QED) is 0.131. The fourth-order valence-corrected chi connectivity index (χ4v) is 9.09. The molecule has 10 aromatic rings. The van der Waals surface area contributed by atoms with Crippen LogP contribution in [-0.4, -0.2) is 0 Å². The highest BCUT2D eigenvalue weighted by Crippen LogP contribution is 2.44. The summed E-state index contributed by atoms with van der Waals surface area (Å²) in [5.41, 5.74) is 19.9. The molecule has 0 unspecified atom stereocenters. The van der Waals surface area contributed by atoms with Crippen LogP contribution in [0.3, 0.4) is 0 Å². The van der Waals surface area contributed by atoms with E-state index in [-0.39, 0.29) is 0 Å². The lowest BCUT2D eigenvalue weighted by molar-refractivity contribution is -0.660. The largest absolute Gasteiger partial charge is 0.456 e. The first-order valence-corrected chi connectivity index (χ1v) is 20.8. The molecule has 0 saturated heterocycles. The first kappa shape index (κ1) is 39.6. The number of hydrogen-bond acceptors (Lipinski definition) is 3. The number of aromatic nitrogens is 2. The Balaban J connectivity index is 0.000000158. The number of hydrogen-bond donors (Lipinski definition) is 0. The van der Waals surface area contributed by atoms with Crippen molar-refractivity contribution >= 4 is 49.6 Å². The summed E-state index contributed by atoms with van der Waals surface area (Å²) >= 11 is 0. The van der Waals surface area contributed by atoms with Gasteiger partial charge >= 0.3 is 0 Å². The molecule has 0 aliphatic rings. The molecule has 0 saturated carbocycles. The monoisotopic (exact) mass is 806 g/mol. The van der Waals surface area contributed by atoms with Crippen molar-refractivity contribution in [2.24, 2.45) is 14.1 Å². The van der Waals surface area contributed by atoms with Crippen molar-refractivity contribution < 1.29 is 18.0 Å². The zero-order chi connectivity index (χ0) is 43.4. The lowest BCUT2D eigenvalue weighted by Gasteiger charge is -2.10. The van der Waals surface area contributed by atoms with Crippen LogP contribution in [0.4, 0.5) is 5.69 Å². The molecule has 0 spiro atoms. The van der Waals surface area contributed by atoms with E-state index in [0.717, 1.165) is 105 Å². The summed E-state index contributed by atoms with van der Waals surface area (Å²) < 4.78 is 17.0. The average molecular weight is 807 g/mol. The normalized spacial score (nSPS) is 11.2. The van der Waals surface area contributed by atoms with Gasteiger partial charge in [-0.1, -0.05) is 77.9 Å². The molecule has 6 aromatic carbocycles. The van der Waals surface area contributed by atoms with E-state index in [1.165, 1.54) is 16.7 Å². The summed E-state index contributed by atoms with van der Waals surface area (Å²) in [6, 6.07) is 44.0. The van der Waals surface area contributed by atoms with Gasteiger partial charge in [-0.05, 0) is 111 Å². The molecule has 10 rings (SSSR count). The molecule has 0 aliphatic heterocycles. The Hall–Kier alpha value is -7.80. The van der Waals surface area contributed by atoms with Crippen LogP contribution in [-0.2, 0) is 14.1 Å². The van der Waals surface area contributed by atoms with Crippen molar-refractivity contribution in [1.29, 1.82) is 5.26 Å². The smallest absolute Gasteiger partial charge is 0.216 e. The Morgan fingerprint density at radius 1 is 0.516 bits per heavy atom. The molecule has 0 amide bonds. The standard InChI is InChI=1S/2C28H23N2O/c1-17-9-11-20(19(3)14-17)22-15-23-21-12-10-18(2)27(25-8-6-7-13-30(25)5)28(21)31-26(23)16-24(22)29-4;1-17-8-10-20(19(3)15-17)21-12-13-25-27(23(21)16-29)22-11-9-18(2)26(28(22)31-25)24-7-5-6-14-30(24)4/h6-16H,1-3,5H3;5-15H,1-4H3/q2*+1. The van der Waals surface area contributed by atoms with Gasteiger partial charge in [0.2, 0.25) is 11.4 Å². The topological polar surface area (TPSA) is 62.2 Å². The molecule has 0 aliphatic carbocycles. The van der Waals surface area contributed by atoms with E-state index in [9.17, 15) is 5.26 Å². The van der Waals surface area contributed by atoms with Gasteiger partial charge in [-0.2, -0.15) is 5.26 Å². The van der Waals surface area contributed by atoms with Crippen molar-refractivity contribution in [3.05, 3.63) is 184 Å². The number of fused-ring (bicyclic) bond motifs is 6. The minimum absolute atomic E-state index is 0.613. The summed E-state index contributed by atoms with van der Waals surface area (Å²) in [5, 5.41) is 14.2. The lowest BCUT2D eigenvalue weighted by Crippen LogP contribution is -2.30. The van der Waals surface area contributed by atoms with Gasteiger partial charge in [-0.15, -0.1) is 0 Å². The summed E-state index contributed by atoms with van der Waals surface area (Å²) in [7, 11) is 4.08. The molecule has 62 heavy (non-hydrogen) atoms. The number of rotatable bonds is 4. The van der Waals surface area contributed by atoms with E-state index in [0.29, 0.717) is 11.3 Å². The lowest BCUT2D eigenvalue weighted by atomic mass is 9.92. The Morgan fingerprint density at radius 3 is 1.60 bits per heavy atom. The predicted octanol–water partition coefficient (Wildman–Crippen LogP) is 13.8. The van der Waals surface area contributed by atoms with Crippen LogP contribution in [0.25, 0.3) is 93.5 Å². The number of pyridine rings is 2. The summed E-state index contributed by atoms with van der Waals surface area (Å²) in [6.07, 6.45) is 4.08. The fraction of sp³-hybridized carbons (Fsp3) is 0.143. The third-order valence-corrected chi connectivity index (χ3v) is 12.2. The maximum Gasteiger partial charge on any atom is 0.216 e. The van der Waals surface area contributed by atoms with E-state index in [4.69, 9.17) is 15.4 Å². The molecule has 0 bridgehead atoms. The maximum absolute atomic E-state index is 10.2. The van der Waals surface area contributed by atoms with Crippen LogP contribution in [0.2, 0.25) is 0 Å². The molecular formula is C56H46N4O2+2. The molecule has 6 heteroatoms. The number of benzene rings is 6. The molecule has 0 N–H and O–H groups in total. The highest BCUT2D eigenvalue weighted by molar-refractivity contribution is 6.14. The Morgan fingerprint density at radius 2 is 1.05 bits per heavy atom. The summed E-state index contributed by atoms with van der Waals surface area (Å²) in [6.45, 7) is 20.4. The number of nitrogens with zero attached hydrogens (tertiary/aromatic N) is 4. The maximum atomic E-state index is 10.2. The van der Waals surface area contributed by atoms with Crippen molar-refractivity contribution in [1.82, 2.24) is 0 Å². The van der Waals surface area contributed by atoms with E-state index < -0.39 is 0 Å². The summed E-state index contributed by atoms with van der Waals surface area (Å²) in [5.74, 6) is 0. The second-order valence-corrected chi connectivity index (χ2v) is 16.5. The second kappa shape index (κ2) is 15.7. The first-order chi connectivity index (χ1) is 30.0. The van der Waals surface area contributed by atoms with Gasteiger partial charge in [0.05, 0.1) is 23.3 Å². The molecule has 300 valence electrons. The van der Waals surface area contributed by atoms with Crippen molar-refractivity contribution in [2.75, 3.05) is 0 Å². The average Bonchev–Trinajstić information content (AvgIpc) is 3.82. The molecular weight excluding hydrogens is 761 g/mol. The van der Waals surface area contributed by atoms with Crippen molar-refractivity contribution in [3.63, 3.8) is 0 Å². The van der Waals surface area contributed by atoms with E-state index in [2.05, 4.69) is 140 Å². The van der Waals surface area contributed by atoms with Crippen LogP contribution in [0.15, 0.2) is 143 Å². The van der Waals surface area contributed by atoms with Gasteiger partial charge in [0, 0.05) is 51.4 Å². The Bertz CT molecular complexity index is 3490. The van der Waals surface area contributed by atoms with Crippen LogP contribution >= 0.6 is 0 Å². The number of furan rings is 2. The number of aryl methyl sites for hydroxylation is 8. The van der Waals surface area contributed by atoms with Gasteiger partial charge in [-0.25, -0.2) is 14.0 Å². The molecule has 6 nitrogen and oxygen atoms in total. The van der Waals surface area contributed by atoms with Gasteiger partial charge in [0.15, 0.2) is 18.1 Å². The highest BCUT2D eigenvalue weighted by Gasteiger charge is 2.24. The predicted molar refractivity (Wildman–Crippen MR) is 251 cm³/mol. The zero-order valence-corrected chi connectivity index (χ0v) is 36.3. The van der Waals surface area contributed by atoms with Crippen molar-refractivity contribution in [3.8, 4) is 50.8 Å². The third-order valence-electron chi connectivity index (χ3n) is 12.2. The molecule has 4 heterocycles. The fourth-order valence-electron chi connectivity index (χ4n) is 9.09. The van der Waals surface area contributed by atoms with Crippen LogP contribution in [0.1, 0.15) is 38.9 Å². The van der Waals surface area contributed by atoms with E-state index in [1.807, 2.05) is 69.0 Å². The van der Waals surface area contributed by atoms with E-state index >= 15 is 0 Å². The van der Waals surface area contributed by atoms with Crippen LogP contribution in [0.5, 0.6) is 0 Å². The molecule has 0 atom stereocenters. The SMILES string of the molecule is Cc1ccc(-c2ccc3oc4c(-c5cccc[n+]5C)c(C)ccc4c3c2C#N)c(C)c1.[C-]#[N+]c1cc2oc3c(-c4cccc[n+]4C)c(C)ccc3c2cc1-c1ccc(C)cc1C. The van der Waals surface area contributed by atoms with Crippen LogP contribution < -0.4 is 9.13 Å². The molecule has 0 fully saturated rings. The molecule has 4 aromatic heterocycles. The van der Waals surface area contributed by atoms with Gasteiger partial charge in [0.25, 0.3) is 0 Å². The van der Waals surface area contributed by atoms with Crippen molar-refractivity contribution in [2.45, 2.75) is 41.5 Å². The van der Waals surface area contributed by atoms with Crippen LogP contribution in [0, 0.1) is 59.4 Å². The highest BCUT2D eigenvalue weighted by atomic mass is 16.3. The molecule has 0 radical (unpaired) electrons. The summed E-state index contributed by atoms with van der Waals surface area (Å²) in [4.78, 5) is 3.83. The minimum Gasteiger partial charge on any atom is -0.456 e. The van der Waals surface area contributed by atoms with E-state index in [1.54, 1.807) is 0 Å². The zero-order valence-electron chi connectivity index (χ0n) is 36.3. The third kappa shape index (κ3) is 6.67. The van der Waals surface area contributed by atoms with Gasteiger partial charge in [0.1, 0.15) is 42.5 Å². The Kier molecular flexibility index (Phi) is 10.0. The van der Waals surface area contributed by atoms with Gasteiger partial charge < -0.3 is 8.83 Å².